The van der Waals surface area contributed by atoms with E-state index in [0.29, 0.717) is 0 Å². The average molecular weight is 329 g/mol. The highest BCUT2D eigenvalue weighted by molar-refractivity contribution is 5.26. The van der Waals surface area contributed by atoms with Gasteiger partial charge in [0.2, 0.25) is 0 Å². The summed E-state index contributed by atoms with van der Waals surface area (Å²) < 4.78 is 0. The third-order valence-corrected chi connectivity index (χ3v) is 6.31. The standard InChI is InChI=1S/C22H36N2/c1-4-19-6-5-7-22(16-19)21-10-12-23(13-11-21)17-20-8-14-24(15-9-20)18(2)3/h5-7,16,18,20-21H,4,8-15,17H2,1-3H3. The zero-order valence-electron chi connectivity index (χ0n) is 16.0. The van der Waals surface area contributed by atoms with Gasteiger partial charge < -0.3 is 9.80 Å². The first-order chi connectivity index (χ1) is 11.7. The van der Waals surface area contributed by atoms with E-state index in [9.17, 15) is 0 Å². The molecule has 3 rings (SSSR count). The molecule has 0 unspecified atom stereocenters. The van der Waals surface area contributed by atoms with Crippen molar-refractivity contribution in [1.82, 2.24) is 9.80 Å². The predicted molar refractivity (Wildman–Crippen MR) is 104 cm³/mol. The second-order valence-electron chi connectivity index (χ2n) is 8.25. The summed E-state index contributed by atoms with van der Waals surface area (Å²) in [6.07, 6.45) is 6.64. The van der Waals surface area contributed by atoms with Crippen molar-refractivity contribution in [2.75, 3.05) is 32.7 Å². The van der Waals surface area contributed by atoms with E-state index in [4.69, 9.17) is 0 Å². The number of benzene rings is 1. The van der Waals surface area contributed by atoms with E-state index in [-0.39, 0.29) is 0 Å². The van der Waals surface area contributed by atoms with Crippen LogP contribution in [0, 0.1) is 5.92 Å². The van der Waals surface area contributed by atoms with Crippen molar-refractivity contribution in [2.45, 2.75) is 64.8 Å². The number of likely N-dealkylation sites (tertiary alicyclic amines) is 2. The van der Waals surface area contributed by atoms with Crippen molar-refractivity contribution in [2.24, 2.45) is 5.92 Å². The van der Waals surface area contributed by atoms with Crippen LogP contribution in [0.3, 0.4) is 0 Å². The summed E-state index contributed by atoms with van der Waals surface area (Å²) in [5.41, 5.74) is 3.08. The van der Waals surface area contributed by atoms with Gasteiger partial charge in [-0.25, -0.2) is 0 Å². The van der Waals surface area contributed by atoms with E-state index in [1.165, 1.54) is 64.0 Å². The van der Waals surface area contributed by atoms with Crippen molar-refractivity contribution in [3.8, 4) is 0 Å². The number of hydrogen-bond donors (Lipinski definition) is 0. The van der Waals surface area contributed by atoms with Gasteiger partial charge in [0.1, 0.15) is 0 Å². The quantitative estimate of drug-likeness (QED) is 0.782. The van der Waals surface area contributed by atoms with E-state index in [1.807, 2.05) is 0 Å². The average Bonchev–Trinajstić information content (AvgIpc) is 2.63. The third kappa shape index (κ3) is 4.61. The Balaban J connectivity index is 1.44. The summed E-state index contributed by atoms with van der Waals surface area (Å²) in [5, 5.41) is 0. The van der Waals surface area contributed by atoms with E-state index in [1.54, 1.807) is 5.56 Å². The first kappa shape index (κ1) is 17.9. The van der Waals surface area contributed by atoms with Crippen LogP contribution in [0.4, 0.5) is 0 Å². The van der Waals surface area contributed by atoms with Gasteiger partial charge in [0, 0.05) is 12.6 Å². The molecule has 2 aliphatic rings. The molecule has 0 aromatic heterocycles. The molecule has 2 aliphatic heterocycles. The molecule has 24 heavy (non-hydrogen) atoms. The molecule has 0 atom stereocenters. The van der Waals surface area contributed by atoms with Crippen LogP contribution in [0.2, 0.25) is 0 Å². The lowest BCUT2D eigenvalue weighted by Crippen LogP contribution is -2.43. The minimum Gasteiger partial charge on any atom is -0.303 e. The van der Waals surface area contributed by atoms with Gasteiger partial charge in [-0.2, -0.15) is 0 Å². The van der Waals surface area contributed by atoms with Crippen molar-refractivity contribution in [3.05, 3.63) is 35.4 Å². The lowest BCUT2D eigenvalue weighted by Gasteiger charge is -2.39. The largest absolute Gasteiger partial charge is 0.303 e. The van der Waals surface area contributed by atoms with Crippen molar-refractivity contribution in [3.63, 3.8) is 0 Å². The number of rotatable bonds is 5. The molecule has 2 fully saturated rings. The molecule has 2 saturated heterocycles. The first-order valence-electron chi connectivity index (χ1n) is 10.2. The van der Waals surface area contributed by atoms with Gasteiger partial charge in [0.05, 0.1) is 0 Å². The van der Waals surface area contributed by atoms with Crippen LogP contribution in [0.5, 0.6) is 0 Å². The molecule has 1 aromatic carbocycles. The first-order valence-corrected chi connectivity index (χ1v) is 10.2. The molecule has 0 amide bonds. The number of aryl methyl sites for hydroxylation is 1. The molecular weight excluding hydrogens is 292 g/mol. The van der Waals surface area contributed by atoms with Gasteiger partial charge >= 0.3 is 0 Å². The van der Waals surface area contributed by atoms with E-state index in [0.717, 1.165) is 24.3 Å². The minimum absolute atomic E-state index is 0.723. The Morgan fingerprint density at radius 3 is 2.33 bits per heavy atom. The lowest BCUT2D eigenvalue weighted by molar-refractivity contribution is 0.111. The monoisotopic (exact) mass is 328 g/mol. The van der Waals surface area contributed by atoms with Crippen LogP contribution >= 0.6 is 0 Å². The van der Waals surface area contributed by atoms with Crippen molar-refractivity contribution >= 4 is 0 Å². The van der Waals surface area contributed by atoms with Crippen LogP contribution in [0.1, 0.15) is 63.5 Å². The Hall–Kier alpha value is -0.860. The summed E-state index contributed by atoms with van der Waals surface area (Å²) >= 11 is 0. The molecule has 2 heteroatoms. The van der Waals surface area contributed by atoms with Gasteiger partial charge in [0.15, 0.2) is 0 Å². The van der Waals surface area contributed by atoms with Crippen LogP contribution in [-0.2, 0) is 6.42 Å². The smallest absolute Gasteiger partial charge is 0.00385 e. The molecular formula is C22H36N2. The predicted octanol–water partition coefficient (Wildman–Crippen LogP) is 4.55. The third-order valence-electron chi connectivity index (χ3n) is 6.31. The Morgan fingerprint density at radius 2 is 1.71 bits per heavy atom. The lowest BCUT2D eigenvalue weighted by atomic mass is 9.87. The second kappa shape index (κ2) is 8.49. The highest BCUT2D eigenvalue weighted by Crippen LogP contribution is 2.30. The Morgan fingerprint density at radius 1 is 1.00 bits per heavy atom. The molecule has 0 spiro atoms. The van der Waals surface area contributed by atoms with E-state index in [2.05, 4.69) is 54.8 Å². The van der Waals surface area contributed by atoms with Crippen molar-refractivity contribution in [1.29, 1.82) is 0 Å². The zero-order valence-corrected chi connectivity index (χ0v) is 16.0. The van der Waals surface area contributed by atoms with Crippen molar-refractivity contribution < 1.29 is 0 Å². The molecule has 134 valence electrons. The highest BCUT2D eigenvalue weighted by Gasteiger charge is 2.25. The van der Waals surface area contributed by atoms with Gasteiger partial charge in [-0.15, -0.1) is 0 Å². The zero-order chi connectivity index (χ0) is 16.9. The number of hydrogen-bond acceptors (Lipinski definition) is 2. The fourth-order valence-corrected chi connectivity index (χ4v) is 4.53. The SMILES string of the molecule is CCc1cccc(C2CCN(CC3CCN(C(C)C)CC3)CC2)c1. The highest BCUT2D eigenvalue weighted by atomic mass is 15.2. The number of nitrogens with zero attached hydrogens (tertiary/aromatic N) is 2. The summed E-state index contributed by atoms with van der Waals surface area (Å²) in [5.74, 6) is 1.72. The molecule has 1 aromatic rings. The fourth-order valence-electron chi connectivity index (χ4n) is 4.53. The van der Waals surface area contributed by atoms with E-state index < -0.39 is 0 Å². The van der Waals surface area contributed by atoms with Gasteiger partial charge in [0.25, 0.3) is 0 Å². The van der Waals surface area contributed by atoms with Crippen LogP contribution in [0.25, 0.3) is 0 Å². The van der Waals surface area contributed by atoms with Gasteiger partial charge in [-0.05, 0) is 95.1 Å². The van der Waals surface area contributed by atoms with Gasteiger partial charge in [-0.1, -0.05) is 31.2 Å². The van der Waals surface area contributed by atoms with Gasteiger partial charge in [-0.3, -0.25) is 0 Å². The molecule has 0 bridgehead atoms. The van der Waals surface area contributed by atoms with E-state index >= 15 is 0 Å². The second-order valence-corrected chi connectivity index (χ2v) is 8.25. The Labute approximate surface area is 149 Å². The summed E-state index contributed by atoms with van der Waals surface area (Å²) in [4.78, 5) is 5.39. The Bertz CT molecular complexity index is 494. The maximum atomic E-state index is 2.75. The summed E-state index contributed by atoms with van der Waals surface area (Å²) in [6, 6.07) is 10.0. The molecule has 0 radical (unpaired) electrons. The molecule has 0 aliphatic carbocycles. The molecule has 0 saturated carbocycles. The Kier molecular flexibility index (Phi) is 6.35. The number of piperidine rings is 2. The van der Waals surface area contributed by atoms with Crippen LogP contribution in [-0.4, -0.2) is 48.6 Å². The maximum absolute atomic E-state index is 2.75. The minimum atomic E-state index is 0.723. The van der Waals surface area contributed by atoms with Crippen LogP contribution < -0.4 is 0 Å². The van der Waals surface area contributed by atoms with Crippen LogP contribution in [0.15, 0.2) is 24.3 Å². The molecule has 2 heterocycles. The summed E-state index contributed by atoms with van der Waals surface area (Å²) in [6.45, 7) is 13.5. The summed E-state index contributed by atoms with van der Waals surface area (Å²) in [7, 11) is 0. The molecule has 0 N–H and O–H groups in total. The fraction of sp³-hybridized carbons (Fsp3) is 0.727. The topological polar surface area (TPSA) is 6.48 Å². The molecule has 2 nitrogen and oxygen atoms in total. The normalized spacial score (nSPS) is 22.3. The maximum Gasteiger partial charge on any atom is 0.00385 e.